The second kappa shape index (κ2) is 5.08. The standard InChI is InChI=1S/C11H15F3OS/c1-7(2)10-9(6-8(3)16-10)15-5-4-11(12,13)14/h6-7H,4-5H2,1-3H3. The van der Waals surface area contributed by atoms with Crippen molar-refractivity contribution in [3.05, 3.63) is 15.8 Å². The molecule has 0 aliphatic heterocycles. The molecule has 0 atom stereocenters. The number of hydrogen-bond acceptors (Lipinski definition) is 2. The number of rotatable bonds is 4. The first-order valence-electron chi connectivity index (χ1n) is 5.09. The number of aryl methyl sites for hydroxylation is 1. The monoisotopic (exact) mass is 252 g/mol. The zero-order chi connectivity index (χ0) is 12.3. The predicted molar refractivity (Wildman–Crippen MR) is 59.3 cm³/mol. The van der Waals surface area contributed by atoms with Gasteiger partial charge in [0, 0.05) is 9.75 Å². The van der Waals surface area contributed by atoms with Gasteiger partial charge in [-0.2, -0.15) is 13.2 Å². The summed E-state index contributed by atoms with van der Waals surface area (Å²) >= 11 is 1.57. The van der Waals surface area contributed by atoms with E-state index in [0.29, 0.717) is 5.75 Å². The lowest BCUT2D eigenvalue weighted by molar-refractivity contribution is -0.139. The van der Waals surface area contributed by atoms with Gasteiger partial charge in [-0.25, -0.2) is 0 Å². The van der Waals surface area contributed by atoms with E-state index in [4.69, 9.17) is 4.74 Å². The van der Waals surface area contributed by atoms with Gasteiger partial charge in [-0.05, 0) is 18.9 Å². The quantitative estimate of drug-likeness (QED) is 0.766. The minimum absolute atomic E-state index is 0.277. The Morgan fingerprint density at radius 2 is 2.00 bits per heavy atom. The molecule has 0 spiro atoms. The van der Waals surface area contributed by atoms with Gasteiger partial charge in [0.25, 0.3) is 0 Å². The molecule has 0 unspecified atom stereocenters. The molecule has 0 radical (unpaired) electrons. The summed E-state index contributed by atoms with van der Waals surface area (Å²) in [7, 11) is 0. The summed E-state index contributed by atoms with van der Waals surface area (Å²) in [6.45, 7) is 5.62. The second-order valence-electron chi connectivity index (χ2n) is 3.95. The Hall–Kier alpha value is -0.710. The summed E-state index contributed by atoms with van der Waals surface area (Å²) in [5, 5.41) is 0. The van der Waals surface area contributed by atoms with Crippen molar-refractivity contribution in [2.45, 2.75) is 39.3 Å². The lowest BCUT2D eigenvalue weighted by Crippen LogP contribution is -2.13. The Labute approximate surface area is 97.2 Å². The van der Waals surface area contributed by atoms with Gasteiger partial charge in [-0.15, -0.1) is 11.3 Å². The van der Waals surface area contributed by atoms with Crippen molar-refractivity contribution in [3.63, 3.8) is 0 Å². The van der Waals surface area contributed by atoms with Gasteiger partial charge in [-0.1, -0.05) is 13.8 Å². The Morgan fingerprint density at radius 3 is 2.50 bits per heavy atom. The lowest BCUT2D eigenvalue weighted by atomic mass is 10.2. The molecule has 0 bridgehead atoms. The lowest BCUT2D eigenvalue weighted by Gasteiger charge is -2.10. The maximum Gasteiger partial charge on any atom is 0.392 e. The van der Waals surface area contributed by atoms with Crippen LogP contribution in [0.1, 0.15) is 35.9 Å². The number of alkyl halides is 3. The van der Waals surface area contributed by atoms with Crippen LogP contribution in [0.3, 0.4) is 0 Å². The molecule has 1 rings (SSSR count). The Bertz CT molecular complexity index is 341. The van der Waals surface area contributed by atoms with Crippen LogP contribution in [0.25, 0.3) is 0 Å². The summed E-state index contributed by atoms with van der Waals surface area (Å²) < 4.78 is 41.0. The molecule has 0 aliphatic rings. The molecule has 16 heavy (non-hydrogen) atoms. The molecule has 0 amide bonds. The predicted octanol–water partition coefficient (Wildman–Crippen LogP) is 4.51. The molecule has 92 valence electrons. The molecule has 0 aliphatic carbocycles. The average molecular weight is 252 g/mol. The molecule has 0 aromatic carbocycles. The van der Waals surface area contributed by atoms with Crippen molar-refractivity contribution < 1.29 is 17.9 Å². The third-order valence-electron chi connectivity index (χ3n) is 2.02. The van der Waals surface area contributed by atoms with E-state index in [9.17, 15) is 13.2 Å². The topological polar surface area (TPSA) is 9.23 Å². The fraction of sp³-hybridized carbons (Fsp3) is 0.636. The van der Waals surface area contributed by atoms with Gasteiger partial charge in [-0.3, -0.25) is 0 Å². The fourth-order valence-corrected chi connectivity index (χ4v) is 2.27. The first-order chi connectivity index (χ1) is 7.29. The van der Waals surface area contributed by atoms with Crippen LogP contribution in [0.15, 0.2) is 6.07 Å². The summed E-state index contributed by atoms with van der Waals surface area (Å²) in [5.41, 5.74) is 0. The number of thiophene rings is 1. The van der Waals surface area contributed by atoms with Crippen molar-refractivity contribution >= 4 is 11.3 Å². The maximum absolute atomic E-state index is 11.9. The van der Waals surface area contributed by atoms with Gasteiger partial charge in [0.05, 0.1) is 13.0 Å². The van der Waals surface area contributed by atoms with Crippen LogP contribution in [0.4, 0.5) is 13.2 Å². The van der Waals surface area contributed by atoms with E-state index in [1.165, 1.54) is 0 Å². The van der Waals surface area contributed by atoms with Crippen LogP contribution in [0.5, 0.6) is 5.75 Å². The molecule has 0 saturated heterocycles. The highest BCUT2D eigenvalue weighted by molar-refractivity contribution is 7.12. The maximum atomic E-state index is 11.9. The summed E-state index contributed by atoms with van der Waals surface area (Å²) in [5.74, 6) is 0.876. The highest BCUT2D eigenvalue weighted by atomic mass is 32.1. The zero-order valence-electron chi connectivity index (χ0n) is 9.52. The summed E-state index contributed by atoms with van der Waals surface area (Å²) in [6, 6.07) is 1.80. The molecular formula is C11H15F3OS. The van der Waals surface area contributed by atoms with Gasteiger partial charge in [0.1, 0.15) is 5.75 Å². The third kappa shape index (κ3) is 4.04. The van der Waals surface area contributed by atoms with Crippen molar-refractivity contribution in [1.82, 2.24) is 0 Å². The van der Waals surface area contributed by atoms with E-state index in [0.717, 1.165) is 9.75 Å². The highest BCUT2D eigenvalue weighted by Gasteiger charge is 2.27. The molecule has 5 heteroatoms. The normalized spacial score (nSPS) is 12.2. The van der Waals surface area contributed by atoms with Gasteiger partial charge in [0.15, 0.2) is 0 Å². The van der Waals surface area contributed by atoms with E-state index in [2.05, 4.69) is 0 Å². The van der Waals surface area contributed by atoms with E-state index in [1.54, 1.807) is 17.4 Å². The minimum Gasteiger partial charge on any atom is -0.492 e. The van der Waals surface area contributed by atoms with E-state index < -0.39 is 12.6 Å². The highest BCUT2D eigenvalue weighted by Crippen LogP contribution is 2.35. The number of ether oxygens (including phenoxy) is 1. The third-order valence-corrected chi connectivity index (χ3v) is 3.35. The fourth-order valence-electron chi connectivity index (χ4n) is 1.30. The molecule has 0 fully saturated rings. The van der Waals surface area contributed by atoms with Crippen LogP contribution in [-0.2, 0) is 0 Å². The van der Waals surface area contributed by atoms with E-state index in [1.807, 2.05) is 20.8 Å². The van der Waals surface area contributed by atoms with Gasteiger partial charge < -0.3 is 4.74 Å². The average Bonchev–Trinajstić information content (AvgIpc) is 2.44. The van der Waals surface area contributed by atoms with Crippen molar-refractivity contribution in [2.24, 2.45) is 0 Å². The van der Waals surface area contributed by atoms with E-state index >= 15 is 0 Å². The molecule has 1 nitrogen and oxygen atoms in total. The van der Waals surface area contributed by atoms with Crippen LogP contribution in [-0.4, -0.2) is 12.8 Å². The molecular weight excluding hydrogens is 237 g/mol. The molecule has 1 aromatic rings. The van der Waals surface area contributed by atoms with Gasteiger partial charge in [0.2, 0.25) is 0 Å². The summed E-state index contributed by atoms with van der Waals surface area (Å²) in [4.78, 5) is 2.07. The Balaban J connectivity index is 2.60. The van der Waals surface area contributed by atoms with Crippen LogP contribution >= 0.6 is 11.3 Å². The van der Waals surface area contributed by atoms with Crippen LogP contribution < -0.4 is 4.74 Å². The van der Waals surface area contributed by atoms with Crippen LogP contribution in [0.2, 0.25) is 0 Å². The second-order valence-corrected chi connectivity index (χ2v) is 5.24. The first kappa shape index (κ1) is 13.4. The van der Waals surface area contributed by atoms with Crippen molar-refractivity contribution in [2.75, 3.05) is 6.61 Å². The van der Waals surface area contributed by atoms with E-state index in [-0.39, 0.29) is 12.5 Å². The minimum atomic E-state index is -4.15. The Kier molecular flexibility index (Phi) is 4.24. The number of halogens is 3. The largest absolute Gasteiger partial charge is 0.492 e. The van der Waals surface area contributed by atoms with Crippen molar-refractivity contribution in [1.29, 1.82) is 0 Å². The van der Waals surface area contributed by atoms with Gasteiger partial charge >= 0.3 is 6.18 Å². The Morgan fingerprint density at radius 1 is 1.38 bits per heavy atom. The smallest absolute Gasteiger partial charge is 0.392 e. The zero-order valence-corrected chi connectivity index (χ0v) is 10.3. The molecule has 0 saturated carbocycles. The first-order valence-corrected chi connectivity index (χ1v) is 5.91. The molecule has 1 heterocycles. The summed E-state index contributed by atoms with van der Waals surface area (Å²) in [6.07, 6.45) is -5.05. The SMILES string of the molecule is Cc1cc(OCCC(F)(F)F)c(C(C)C)s1. The van der Waals surface area contributed by atoms with Crippen LogP contribution in [0, 0.1) is 6.92 Å². The van der Waals surface area contributed by atoms with Crippen molar-refractivity contribution in [3.8, 4) is 5.75 Å². The molecule has 1 aromatic heterocycles. The number of hydrogen-bond donors (Lipinski definition) is 0. The molecule has 0 N–H and O–H groups in total.